The third kappa shape index (κ3) is 12.0. The van der Waals surface area contributed by atoms with E-state index >= 15 is 0 Å². The van der Waals surface area contributed by atoms with E-state index in [2.05, 4.69) is 350 Å². The first-order valence-corrected chi connectivity index (χ1v) is 39.1. The molecule has 18 aromatic carbocycles. The van der Waals surface area contributed by atoms with Gasteiger partial charge in [-0.05, 0) is 216 Å². The summed E-state index contributed by atoms with van der Waals surface area (Å²) in [5.41, 5.74) is 30.4. The van der Waals surface area contributed by atoms with Gasteiger partial charge in [-0.3, -0.25) is 0 Å². The molecule has 0 radical (unpaired) electrons. The summed E-state index contributed by atoms with van der Waals surface area (Å²) in [6, 6.07) is 146. The minimum Gasteiger partial charge on any atom is -0.455 e. The Hall–Kier alpha value is -15.6. The topological polar surface area (TPSA) is 84.8 Å². The number of rotatable bonds is 16. The zero-order chi connectivity index (χ0) is 76.6. The number of hydrogen-bond acceptors (Lipinski definition) is 8. The van der Waals surface area contributed by atoms with Crippen molar-refractivity contribution in [2.75, 3.05) is 9.80 Å². The summed E-state index contributed by atoms with van der Waals surface area (Å²) in [7, 11) is 0. The van der Waals surface area contributed by atoms with Crippen LogP contribution in [0.25, 0.3) is 189 Å². The average Bonchev–Trinajstić information content (AvgIpc) is 1.57. The van der Waals surface area contributed by atoms with E-state index in [-0.39, 0.29) is 0 Å². The maximum absolute atomic E-state index is 7.24. The highest BCUT2D eigenvalue weighted by Gasteiger charge is 2.27. The molecule has 4 heterocycles. The molecule has 0 atom stereocenters. The minimum absolute atomic E-state index is 0.531. The molecule has 8 nitrogen and oxygen atoms in total. The lowest BCUT2D eigenvalue weighted by molar-refractivity contribution is 0.618. The van der Waals surface area contributed by atoms with Crippen molar-refractivity contribution in [2.45, 2.75) is 0 Å². The Labute approximate surface area is 668 Å². The van der Waals surface area contributed by atoms with Gasteiger partial charge in [0.25, 0.3) is 0 Å². The Kier molecular flexibility index (Phi) is 16.4. The van der Waals surface area contributed by atoms with Gasteiger partial charge in [-0.2, -0.15) is 0 Å². The first-order valence-electron chi connectivity index (χ1n) is 39.1. The molecule has 0 N–H and O–H groups in total. The van der Waals surface area contributed by atoms with Crippen molar-refractivity contribution in [3.63, 3.8) is 0 Å². The van der Waals surface area contributed by atoms with Crippen LogP contribution in [-0.4, -0.2) is 9.97 Å². The number of nitrogens with zero attached hydrogens (tertiary/aromatic N) is 4. The molecule has 8 heteroatoms. The monoisotopic (exact) mass is 1480 g/mol. The van der Waals surface area contributed by atoms with E-state index in [1.807, 2.05) is 72.8 Å². The predicted octanol–water partition coefficient (Wildman–Crippen LogP) is 30.5. The lowest BCUT2D eigenvalue weighted by atomic mass is 9.91. The second kappa shape index (κ2) is 28.3. The Balaban J connectivity index is 0.655. The van der Waals surface area contributed by atoms with Gasteiger partial charge in [-0.15, -0.1) is 0 Å². The van der Waals surface area contributed by atoms with Crippen LogP contribution < -0.4 is 9.80 Å². The number of anilines is 6. The van der Waals surface area contributed by atoms with Gasteiger partial charge in [0.15, 0.2) is 11.2 Å². The fraction of sp³-hybridized carbons (Fsp3) is 0. The van der Waals surface area contributed by atoms with Crippen molar-refractivity contribution in [1.29, 1.82) is 0 Å². The summed E-state index contributed by atoms with van der Waals surface area (Å²) in [6.45, 7) is 0. The van der Waals surface area contributed by atoms with E-state index in [9.17, 15) is 0 Å². The molecule has 0 aliphatic rings. The normalized spacial score (nSPS) is 11.6. The van der Waals surface area contributed by atoms with E-state index in [0.717, 1.165) is 184 Å². The second-order valence-corrected chi connectivity index (χ2v) is 29.5. The van der Waals surface area contributed by atoms with Gasteiger partial charge in [-0.1, -0.05) is 285 Å². The molecule has 0 saturated heterocycles. The number of furan rings is 2. The average molecular weight is 1490 g/mol. The Bertz CT molecular complexity index is 7450. The van der Waals surface area contributed by atoms with Crippen LogP contribution in [0.2, 0.25) is 0 Å². The van der Waals surface area contributed by atoms with Gasteiger partial charge in [0.2, 0.25) is 11.8 Å². The highest BCUT2D eigenvalue weighted by Crippen LogP contribution is 2.50. The molecule has 0 bridgehead atoms. The molecule has 0 amide bonds. The SMILES string of the molecule is c1ccc(-c2ccc(N(c3ccc(-c4c5oc(-c6ccccc6)nc5cc5c4oc4cccc(-c6ccc(-c7cc(N(c8ccc(-c9ccccc9)cc8)c8ccc(-c9c%10oc(-c%11ccccc%11)nc%10cc%10c9oc9ccccc9%10)cc8)ccc7-c7ccccc7)cc6)c45)cc3)c3cccc(-c4ccc5ccccc5c4)c3)cc2)cc1. The zero-order valence-electron chi connectivity index (χ0n) is 62.7. The smallest absolute Gasteiger partial charge is 0.227 e. The number of benzene rings is 18. The van der Waals surface area contributed by atoms with Crippen molar-refractivity contribution < 1.29 is 17.7 Å². The van der Waals surface area contributed by atoms with Crippen molar-refractivity contribution in [3.05, 3.63) is 413 Å². The van der Waals surface area contributed by atoms with Crippen molar-refractivity contribution >= 4 is 111 Å². The molecule has 22 rings (SSSR count). The fourth-order valence-corrected chi connectivity index (χ4v) is 16.9. The van der Waals surface area contributed by atoms with Crippen LogP contribution in [0, 0.1) is 0 Å². The highest BCUT2D eigenvalue weighted by atomic mass is 16.4. The van der Waals surface area contributed by atoms with Crippen LogP contribution in [0.4, 0.5) is 34.1 Å². The standard InChI is InChI=1S/C108H68N4O4/c1-6-22-69(23-7-1)72-46-54-84(55-47-72)111(88-35-20-34-82(65-88)83-45-40-71-26-16-17-33-81(71)64-83)86-58-52-78(53-59-86)101-104-95(68-97-106(101)116-108(110-97)80-31-14-5-15-32-80)102-91(37-21-39-99(102)114-104)75-41-43-76(44-42-75)93-66-89(62-63-90(93)74-27-10-3-11-28-74)112(85-56-48-73(49-57-85)70-24-8-2-9-25-70)87-60-50-77(51-61-87)100-103-94(92-36-18-19-38-98(92)113-103)67-96-105(100)115-107(109-96)79-29-12-4-13-30-79/h1-68H. The molecule has 0 aliphatic carbocycles. The summed E-state index contributed by atoms with van der Waals surface area (Å²) in [4.78, 5) is 15.1. The number of fused-ring (bicyclic) bond motifs is 9. The van der Waals surface area contributed by atoms with Crippen LogP contribution in [0.1, 0.15) is 0 Å². The first kappa shape index (κ1) is 67.3. The van der Waals surface area contributed by atoms with E-state index < -0.39 is 0 Å². The number of hydrogen-bond donors (Lipinski definition) is 0. The molecule has 0 aliphatic heterocycles. The van der Waals surface area contributed by atoms with Crippen LogP contribution in [0.5, 0.6) is 0 Å². The van der Waals surface area contributed by atoms with E-state index in [1.165, 1.54) is 10.8 Å². The molecule has 22 aromatic rings. The minimum atomic E-state index is 0.531. The maximum Gasteiger partial charge on any atom is 0.227 e. The lowest BCUT2D eigenvalue weighted by Gasteiger charge is -2.27. The van der Waals surface area contributed by atoms with E-state index in [4.69, 9.17) is 27.6 Å². The van der Waals surface area contributed by atoms with Gasteiger partial charge < -0.3 is 27.5 Å². The van der Waals surface area contributed by atoms with Crippen LogP contribution in [-0.2, 0) is 0 Å². The van der Waals surface area contributed by atoms with Crippen molar-refractivity contribution in [2.24, 2.45) is 0 Å². The molecular formula is C108H68N4O4. The fourth-order valence-electron chi connectivity index (χ4n) is 16.9. The Morgan fingerprint density at radius 2 is 0.569 bits per heavy atom. The molecular weight excluding hydrogens is 1420 g/mol. The molecule has 0 saturated carbocycles. The van der Waals surface area contributed by atoms with Crippen LogP contribution in [0.3, 0.4) is 0 Å². The molecule has 4 aromatic heterocycles. The predicted molar refractivity (Wildman–Crippen MR) is 477 cm³/mol. The molecule has 0 spiro atoms. The number of aromatic nitrogens is 2. The summed E-state index contributed by atoms with van der Waals surface area (Å²) in [5.74, 6) is 1.08. The number of para-hydroxylation sites is 1. The molecule has 0 fully saturated rings. The van der Waals surface area contributed by atoms with Crippen molar-refractivity contribution in [1.82, 2.24) is 9.97 Å². The van der Waals surface area contributed by atoms with Gasteiger partial charge in [0.05, 0.1) is 11.1 Å². The van der Waals surface area contributed by atoms with Crippen LogP contribution in [0.15, 0.2) is 430 Å². The van der Waals surface area contributed by atoms with E-state index in [1.54, 1.807) is 0 Å². The zero-order valence-corrected chi connectivity index (χ0v) is 62.7. The molecule has 116 heavy (non-hydrogen) atoms. The van der Waals surface area contributed by atoms with Gasteiger partial charge >= 0.3 is 0 Å². The maximum atomic E-state index is 7.24. The summed E-state index contributed by atoms with van der Waals surface area (Å²) in [5, 5.41) is 6.33. The largest absolute Gasteiger partial charge is 0.455 e. The van der Waals surface area contributed by atoms with Gasteiger partial charge in [0, 0.05) is 66.8 Å². The first-order chi connectivity index (χ1) is 57.5. The molecule has 0 unspecified atom stereocenters. The lowest BCUT2D eigenvalue weighted by Crippen LogP contribution is -2.10. The van der Waals surface area contributed by atoms with Crippen molar-refractivity contribution in [3.8, 4) is 112 Å². The quantitative estimate of drug-likeness (QED) is 0.0946. The Morgan fingerprint density at radius 3 is 1.13 bits per heavy atom. The summed E-state index contributed by atoms with van der Waals surface area (Å²) in [6.07, 6.45) is 0. The Morgan fingerprint density at radius 1 is 0.190 bits per heavy atom. The third-order valence-electron chi connectivity index (χ3n) is 22.5. The van der Waals surface area contributed by atoms with Gasteiger partial charge in [0.1, 0.15) is 33.4 Å². The second-order valence-electron chi connectivity index (χ2n) is 29.5. The highest BCUT2D eigenvalue weighted by molar-refractivity contribution is 6.21. The summed E-state index contributed by atoms with van der Waals surface area (Å²) < 4.78 is 27.8. The van der Waals surface area contributed by atoms with E-state index in [0.29, 0.717) is 28.5 Å². The molecule has 544 valence electrons. The third-order valence-corrected chi connectivity index (χ3v) is 22.5. The summed E-state index contributed by atoms with van der Waals surface area (Å²) >= 11 is 0. The number of oxazole rings is 2. The van der Waals surface area contributed by atoms with Gasteiger partial charge in [-0.25, -0.2) is 9.97 Å². The van der Waals surface area contributed by atoms with Crippen LogP contribution >= 0.6 is 0 Å².